The number of anilines is 2. The lowest BCUT2D eigenvalue weighted by atomic mass is 10.3. The van der Waals surface area contributed by atoms with Crippen LogP contribution >= 0.6 is 27.3 Å². The molecule has 2 aromatic heterocycles. The van der Waals surface area contributed by atoms with Crippen LogP contribution in [0.3, 0.4) is 0 Å². The van der Waals surface area contributed by atoms with E-state index in [2.05, 4.69) is 36.4 Å². The number of fused-ring (bicyclic) bond motifs is 1. The highest BCUT2D eigenvalue weighted by Crippen LogP contribution is 2.29. The summed E-state index contributed by atoms with van der Waals surface area (Å²) in [4.78, 5) is 4.42. The SMILES string of the molecule is Cc1nnc(Nc2nc3ccc(Br)cc3s2)o1. The third kappa shape index (κ3) is 2.16. The van der Waals surface area contributed by atoms with Gasteiger partial charge in [0.2, 0.25) is 5.89 Å². The first-order valence-electron chi connectivity index (χ1n) is 4.84. The van der Waals surface area contributed by atoms with E-state index in [9.17, 15) is 0 Å². The number of aromatic nitrogens is 3. The lowest BCUT2D eigenvalue weighted by molar-refractivity contribution is 0.535. The molecule has 86 valence electrons. The Kier molecular flexibility index (Phi) is 2.56. The molecule has 0 atom stereocenters. The highest BCUT2D eigenvalue weighted by Gasteiger charge is 2.07. The van der Waals surface area contributed by atoms with Crippen molar-refractivity contribution in [1.29, 1.82) is 0 Å². The molecule has 0 radical (unpaired) electrons. The predicted molar refractivity (Wildman–Crippen MR) is 69.6 cm³/mol. The zero-order valence-electron chi connectivity index (χ0n) is 8.77. The smallest absolute Gasteiger partial charge is 0.321 e. The normalized spacial score (nSPS) is 10.9. The number of thiazole rings is 1. The molecule has 0 amide bonds. The Morgan fingerprint density at radius 1 is 1.35 bits per heavy atom. The van der Waals surface area contributed by atoms with Crippen LogP contribution in [0, 0.1) is 6.92 Å². The lowest BCUT2D eigenvalue weighted by Crippen LogP contribution is -1.88. The summed E-state index contributed by atoms with van der Waals surface area (Å²) in [6, 6.07) is 6.31. The maximum atomic E-state index is 5.23. The van der Waals surface area contributed by atoms with Crippen LogP contribution in [-0.2, 0) is 0 Å². The molecule has 0 saturated heterocycles. The fourth-order valence-electron chi connectivity index (χ4n) is 1.39. The van der Waals surface area contributed by atoms with Crippen LogP contribution in [0.2, 0.25) is 0 Å². The number of nitrogens with one attached hydrogen (secondary N) is 1. The first kappa shape index (κ1) is 10.7. The highest BCUT2D eigenvalue weighted by molar-refractivity contribution is 9.10. The van der Waals surface area contributed by atoms with Gasteiger partial charge >= 0.3 is 6.01 Å². The number of rotatable bonds is 2. The molecule has 0 aliphatic carbocycles. The number of nitrogens with zero attached hydrogens (tertiary/aromatic N) is 3. The summed E-state index contributed by atoms with van der Waals surface area (Å²) in [5.74, 6) is 0.524. The molecule has 2 heterocycles. The molecule has 1 N–H and O–H groups in total. The highest BCUT2D eigenvalue weighted by atomic mass is 79.9. The second kappa shape index (κ2) is 4.08. The lowest BCUT2D eigenvalue weighted by Gasteiger charge is -1.91. The molecule has 0 fully saturated rings. The Balaban J connectivity index is 1.95. The molecule has 0 saturated carbocycles. The van der Waals surface area contributed by atoms with Crippen LogP contribution in [0.1, 0.15) is 5.89 Å². The molecular weight excluding hydrogens is 304 g/mol. The zero-order chi connectivity index (χ0) is 11.8. The summed E-state index contributed by atoms with van der Waals surface area (Å²) in [7, 11) is 0. The first-order chi connectivity index (χ1) is 8.20. The van der Waals surface area contributed by atoms with Gasteiger partial charge in [0.25, 0.3) is 0 Å². The van der Waals surface area contributed by atoms with E-state index in [1.807, 2.05) is 18.2 Å². The Bertz CT molecular complexity index is 678. The average molecular weight is 311 g/mol. The first-order valence-corrected chi connectivity index (χ1v) is 6.45. The van der Waals surface area contributed by atoms with Crippen molar-refractivity contribution in [2.45, 2.75) is 6.92 Å². The van der Waals surface area contributed by atoms with Gasteiger partial charge in [0, 0.05) is 11.4 Å². The van der Waals surface area contributed by atoms with Crippen molar-refractivity contribution in [1.82, 2.24) is 15.2 Å². The third-order valence-corrected chi connectivity index (χ3v) is 3.52. The predicted octanol–water partition coefficient (Wildman–Crippen LogP) is 3.49. The molecular formula is C10H7BrN4OS. The van der Waals surface area contributed by atoms with Gasteiger partial charge in [-0.1, -0.05) is 32.4 Å². The number of hydrogen-bond donors (Lipinski definition) is 1. The molecule has 0 unspecified atom stereocenters. The zero-order valence-corrected chi connectivity index (χ0v) is 11.2. The second-order valence-corrected chi connectivity index (χ2v) is 5.33. The third-order valence-electron chi connectivity index (χ3n) is 2.09. The van der Waals surface area contributed by atoms with Crippen LogP contribution in [0.5, 0.6) is 0 Å². The largest absolute Gasteiger partial charge is 0.408 e. The second-order valence-electron chi connectivity index (χ2n) is 3.38. The topological polar surface area (TPSA) is 63.8 Å². The van der Waals surface area contributed by atoms with Crippen molar-refractivity contribution < 1.29 is 4.42 Å². The van der Waals surface area contributed by atoms with Crippen molar-refractivity contribution >= 4 is 48.6 Å². The molecule has 7 heteroatoms. The number of halogens is 1. The fourth-order valence-corrected chi connectivity index (χ4v) is 2.80. The van der Waals surface area contributed by atoms with Gasteiger partial charge in [-0.05, 0) is 18.2 Å². The van der Waals surface area contributed by atoms with Gasteiger partial charge in [-0.25, -0.2) is 4.98 Å². The van der Waals surface area contributed by atoms with Crippen LogP contribution in [0.25, 0.3) is 10.2 Å². The van der Waals surface area contributed by atoms with E-state index in [1.54, 1.807) is 6.92 Å². The Hall–Kier alpha value is -1.47. The molecule has 5 nitrogen and oxygen atoms in total. The van der Waals surface area contributed by atoms with Crippen LogP contribution in [0.15, 0.2) is 27.1 Å². The minimum atomic E-state index is 0.362. The quantitative estimate of drug-likeness (QED) is 0.785. The summed E-state index contributed by atoms with van der Waals surface area (Å²) in [6.45, 7) is 1.74. The Morgan fingerprint density at radius 2 is 2.24 bits per heavy atom. The fraction of sp³-hybridized carbons (Fsp3) is 0.100. The molecule has 3 aromatic rings. The van der Waals surface area contributed by atoms with E-state index in [0.717, 1.165) is 19.8 Å². The van der Waals surface area contributed by atoms with Gasteiger partial charge in [0.1, 0.15) is 0 Å². The maximum Gasteiger partial charge on any atom is 0.321 e. The molecule has 0 aliphatic rings. The van der Waals surface area contributed by atoms with Crippen molar-refractivity contribution in [3.8, 4) is 0 Å². The number of aryl methyl sites for hydroxylation is 1. The summed E-state index contributed by atoms with van der Waals surface area (Å²) in [5.41, 5.74) is 0.942. The van der Waals surface area contributed by atoms with Crippen molar-refractivity contribution in [2.24, 2.45) is 0 Å². The van der Waals surface area contributed by atoms with Crippen LogP contribution in [0.4, 0.5) is 11.1 Å². The molecule has 3 rings (SSSR count). The van der Waals surface area contributed by atoms with Gasteiger partial charge in [0.15, 0.2) is 5.13 Å². The van der Waals surface area contributed by atoms with E-state index < -0.39 is 0 Å². The molecule has 0 spiro atoms. The van der Waals surface area contributed by atoms with Crippen LogP contribution in [-0.4, -0.2) is 15.2 Å². The Labute approximate surface area is 109 Å². The van der Waals surface area contributed by atoms with Crippen molar-refractivity contribution in [2.75, 3.05) is 5.32 Å². The Morgan fingerprint density at radius 3 is 3.00 bits per heavy atom. The molecule has 0 bridgehead atoms. The number of benzene rings is 1. The van der Waals surface area contributed by atoms with Crippen molar-refractivity contribution in [3.63, 3.8) is 0 Å². The van der Waals surface area contributed by atoms with Gasteiger partial charge in [-0.15, -0.1) is 5.10 Å². The molecule has 0 aliphatic heterocycles. The molecule has 17 heavy (non-hydrogen) atoms. The maximum absolute atomic E-state index is 5.23. The molecule has 1 aromatic carbocycles. The van der Waals surface area contributed by atoms with E-state index in [1.165, 1.54) is 11.3 Å². The average Bonchev–Trinajstić information content (AvgIpc) is 2.84. The van der Waals surface area contributed by atoms with Gasteiger partial charge in [0.05, 0.1) is 10.2 Å². The summed E-state index contributed by atoms with van der Waals surface area (Å²) >= 11 is 4.96. The van der Waals surface area contributed by atoms with E-state index >= 15 is 0 Å². The van der Waals surface area contributed by atoms with Gasteiger partial charge < -0.3 is 4.42 Å². The minimum absolute atomic E-state index is 0.362. The minimum Gasteiger partial charge on any atom is -0.408 e. The monoisotopic (exact) mass is 310 g/mol. The standard InChI is InChI=1S/C10H7BrN4OS/c1-5-14-15-9(16-5)13-10-12-7-3-2-6(11)4-8(7)17-10/h2-4H,1H3,(H,12,13,15). The summed E-state index contributed by atoms with van der Waals surface area (Å²) in [5, 5.41) is 11.3. The van der Waals surface area contributed by atoms with Crippen molar-refractivity contribution in [3.05, 3.63) is 28.6 Å². The van der Waals surface area contributed by atoms with E-state index in [0.29, 0.717) is 11.9 Å². The van der Waals surface area contributed by atoms with Crippen LogP contribution < -0.4 is 5.32 Å². The van der Waals surface area contributed by atoms with E-state index in [4.69, 9.17) is 4.42 Å². The summed E-state index contributed by atoms with van der Waals surface area (Å²) in [6.07, 6.45) is 0. The van der Waals surface area contributed by atoms with Gasteiger partial charge in [-0.2, -0.15) is 0 Å². The van der Waals surface area contributed by atoms with Gasteiger partial charge in [-0.3, -0.25) is 5.32 Å². The van der Waals surface area contributed by atoms with E-state index in [-0.39, 0.29) is 0 Å². The summed E-state index contributed by atoms with van der Waals surface area (Å²) < 4.78 is 7.36. The number of hydrogen-bond acceptors (Lipinski definition) is 6.